The Balaban J connectivity index is 2.72. The lowest BCUT2D eigenvalue weighted by molar-refractivity contribution is 0.186. The van der Waals surface area contributed by atoms with Gasteiger partial charge in [0.15, 0.2) is 0 Å². The standard InChI is InChI=1S/C15H24O2/c1-11-6-7-13(12(2)16)14(10-11)17-9-8-15(3,4)5/h6-7,10,12,16H,8-9H2,1-5H3/t12-/m1/s1. The molecule has 1 aromatic carbocycles. The third-order valence-corrected chi connectivity index (χ3v) is 2.73. The Labute approximate surface area is 105 Å². The maximum atomic E-state index is 9.67. The molecule has 0 spiro atoms. The van der Waals surface area contributed by atoms with E-state index in [9.17, 15) is 5.11 Å². The number of aliphatic hydroxyl groups excluding tert-OH is 1. The van der Waals surface area contributed by atoms with E-state index >= 15 is 0 Å². The highest BCUT2D eigenvalue weighted by molar-refractivity contribution is 5.38. The molecule has 0 aliphatic carbocycles. The second-order valence-electron chi connectivity index (χ2n) is 5.88. The van der Waals surface area contributed by atoms with Crippen molar-refractivity contribution in [3.8, 4) is 5.75 Å². The fraction of sp³-hybridized carbons (Fsp3) is 0.600. The Hall–Kier alpha value is -1.02. The Morgan fingerprint density at radius 1 is 1.29 bits per heavy atom. The van der Waals surface area contributed by atoms with Crippen molar-refractivity contribution in [2.45, 2.75) is 47.1 Å². The lowest BCUT2D eigenvalue weighted by atomic mass is 9.93. The van der Waals surface area contributed by atoms with Crippen LogP contribution in [-0.4, -0.2) is 11.7 Å². The van der Waals surface area contributed by atoms with Gasteiger partial charge >= 0.3 is 0 Å². The summed E-state index contributed by atoms with van der Waals surface area (Å²) in [6.45, 7) is 11.1. The molecule has 0 amide bonds. The molecule has 1 aromatic rings. The lowest BCUT2D eigenvalue weighted by Gasteiger charge is -2.20. The molecule has 17 heavy (non-hydrogen) atoms. The molecule has 0 unspecified atom stereocenters. The third-order valence-electron chi connectivity index (χ3n) is 2.73. The highest BCUT2D eigenvalue weighted by Gasteiger charge is 2.12. The first-order valence-electron chi connectivity index (χ1n) is 6.21. The summed E-state index contributed by atoms with van der Waals surface area (Å²) in [4.78, 5) is 0. The summed E-state index contributed by atoms with van der Waals surface area (Å²) in [5, 5.41) is 9.67. The fourth-order valence-electron chi connectivity index (χ4n) is 1.58. The van der Waals surface area contributed by atoms with Gasteiger partial charge in [0.25, 0.3) is 0 Å². The predicted octanol–water partition coefficient (Wildman–Crippen LogP) is 3.86. The van der Waals surface area contributed by atoms with Crippen LogP contribution in [-0.2, 0) is 0 Å². The number of benzene rings is 1. The van der Waals surface area contributed by atoms with Crippen molar-refractivity contribution < 1.29 is 9.84 Å². The van der Waals surface area contributed by atoms with Crippen molar-refractivity contribution in [2.75, 3.05) is 6.61 Å². The van der Waals surface area contributed by atoms with E-state index in [4.69, 9.17) is 4.74 Å². The zero-order valence-corrected chi connectivity index (χ0v) is 11.6. The molecule has 0 aromatic heterocycles. The van der Waals surface area contributed by atoms with Gasteiger partial charge in [0.05, 0.1) is 12.7 Å². The van der Waals surface area contributed by atoms with Crippen LogP contribution in [0.4, 0.5) is 0 Å². The first-order chi connectivity index (χ1) is 7.79. The monoisotopic (exact) mass is 236 g/mol. The summed E-state index contributed by atoms with van der Waals surface area (Å²) >= 11 is 0. The van der Waals surface area contributed by atoms with Gasteiger partial charge in [0, 0.05) is 5.56 Å². The van der Waals surface area contributed by atoms with E-state index < -0.39 is 6.10 Å². The number of hydrogen-bond donors (Lipinski definition) is 1. The van der Waals surface area contributed by atoms with Gasteiger partial charge in [0.2, 0.25) is 0 Å². The minimum Gasteiger partial charge on any atom is -0.493 e. The number of aliphatic hydroxyl groups is 1. The van der Waals surface area contributed by atoms with E-state index in [2.05, 4.69) is 20.8 Å². The molecule has 1 atom stereocenters. The summed E-state index contributed by atoms with van der Waals surface area (Å²) in [5.74, 6) is 0.809. The second-order valence-corrected chi connectivity index (χ2v) is 5.88. The van der Waals surface area contributed by atoms with Gasteiger partial charge in [-0.05, 0) is 37.3 Å². The molecule has 96 valence electrons. The molecule has 0 bridgehead atoms. The number of hydrogen-bond acceptors (Lipinski definition) is 2. The van der Waals surface area contributed by atoms with E-state index in [0.717, 1.165) is 23.3 Å². The van der Waals surface area contributed by atoms with E-state index in [0.29, 0.717) is 6.61 Å². The molecular weight excluding hydrogens is 212 g/mol. The minimum atomic E-state index is -0.486. The molecule has 0 aliphatic heterocycles. The van der Waals surface area contributed by atoms with Crippen LogP contribution < -0.4 is 4.74 Å². The van der Waals surface area contributed by atoms with Crippen LogP contribution in [0.1, 0.15) is 51.3 Å². The summed E-state index contributed by atoms with van der Waals surface area (Å²) in [6, 6.07) is 5.93. The van der Waals surface area contributed by atoms with Crippen LogP contribution in [0.3, 0.4) is 0 Å². The Morgan fingerprint density at radius 2 is 1.94 bits per heavy atom. The van der Waals surface area contributed by atoms with E-state index in [1.165, 1.54) is 0 Å². The maximum absolute atomic E-state index is 9.67. The molecule has 0 radical (unpaired) electrons. The van der Waals surface area contributed by atoms with E-state index in [-0.39, 0.29) is 5.41 Å². The highest BCUT2D eigenvalue weighted by Crippen LogP contribution is 2.27. The maximum Gasteiger partial charge on any atom is 0.125 e. The average Bonchev–Trinajstić information content (AvgIpc) is 2.15. The van der Waals surface area contributed by atoms with Crippen LogP contribution >= 0.6 is 0 Å². The fourth-order valence-corrected chi connectivity index (χ4v) is 1.58. The van der Waals surface area contributed by atoms with Gasteiger partial charge in [-0.25, -0.2) is 0 Å². The summed E-state index contributed by atoms with van der Waals surface area (Å²) in [6.07, 6.45) is 0.514. The number of rotatable bonds is 4. The topological polar surface area (TPSA) is 29.5 Å². The first kappa shape index (κ1) is 14.0. The predicted molar refractivity (Wildman–Crippen MR) is 71.4 cm³/mol. The average molecular weight is 236 g/mol. The number of ether oxygens (including phenoxy) is 1. The van der Waals surface area contributed by atoms with Gasteiger partial charge in [-0.2, -0.15) is 0 Å². The summed E-state index contributed by atoms with van der Waals surface area (Å²) < 4.78 is 5.80. The van der Waals surface area contributed by atoms with Crippen molar-refractivity contribution >= 4 is 0 Å². The Morgan fingerprint density at radius 3 is 2.47 bits per heavy atom. The van der Waals surface area contributed by atoms with Gasteiger partial charge < -0.3 is 9.84 Å². The zero-order valence-electron chi connectivity index (χ0n) is 11.6. The molecule has 0 saturated carbocycles. The summed E-state index contributed by atoms with van der Waals surface area (Å²) in [7, 11) is 0. The van der Waals surface area contributed by atoms with Crippen LogP contribution in [0.25, 0.3) is 0 Å². The molecular formula is C15H24O2. The van der Waals surface area contributed by atoms with Crippen LogP contribution in [0.15, 0.2) is 18.2 Å². The van der Waals surface area contributed by atoms with Crippen LogP contribution in [0, 0.1) is 12.3 Å². The smallest absolute Gasteiger partial charge is 0.125 e. The van der Waals surface area contributed by atoms with Gasteiger partial charge in [-0.15, -0.1) is 0 Å². The molecule has 0 heterocycles. The summed E-state index contributed by atoms with van der Waals surface area (Å²) in [5.41, 5.74) is 2.29. The molecule has 0 saturated heterocycles. The van der Waals surface area contributed by atoms with E-state index in [1.54, 1.807) is 6.92 Å². The van der Waals surface area contributed by atoms with Crippen molar-refractivity contribution in [1.29, 1.82) is 0 Å². The van der Waals surface area contributed by atoms with Crippen molar-refractivity contribution in [1.82, 2.24) is 0 Å². The van der Waals surface area contributed by atoms with Crippen molar-refractivity contribution in [3.63, 3.8) is 0 Å². The van der Waals surface area contributed by atoms with Crippen LogP contribution in [0.2, 0.25) is 0 Å². The molecule has 2 nitrogen and oxygen atoms in total. The first-order valence-corrected chi connectivity index (χ1v) is 6.21. The van der Waals surface area contributed by atoms with Gasteiger partial charge in [-0.1, -0.05) is 32.9 Å². The quantitative estimate of drug-likeness (QED) is 0.860. The van der Waals surface area contributed by atoms with E-state index in [1.807, 2.05) is 25.1 Å². The Kier molecular flexibility index (Phi) is 4.58. The normalized spacial score (nSPS) is 13.5. The SMILES string of the molecule is Cc1ccc([C@@H](C)O)c(OCCC(C)(C)C)c1. The van der Waals surface area contributed by atoms with Crippen molar-refractivity contribution in [2.24, 2.45) is 5.41 Å². The molecule has 2 heteroatoms. The molecule has 1 N–H and O–H groups in total. The zero-order chi connectivity index (χ0) is 13.1. The van der Waals surface area contributed by atoms with Gasteiger partial charge in [0.1, 0.15) is 5.75 Å². The van der Waals surface area contributed by atoms with Gasteiger partial charge in [-0.3, -0.25) is 0 Å². The minimum absolute atomic E-state index is 0.273. The number of aryl methyl sites for hydroxylation is 1. The van der Waals surface area contributed by atoms with Crippen LogP contribution in [0.5, 0.6) is 5.75 Å². The van der Waals surface area contributed by atoms with Crippen molar-refractivity contribution in [3.05, 3.63) is 29.3 Å². The second kappa shape index (κ2) is 5.54. The third kappa shape index (κ3) is 4.78. The molecule has 1 rings (SSSR count). The molecule has 0 fully saturated rings. The lowest BCUT2D eigenvalue weighted by Crippen LogP contribution is -2.12. The Bertz CT molecular complexity index is 362. The highest BCUT2D eigenvalue weighted by atomic mass is 16.5. The largest absolute Gasteiger partial charge is 0.493 e. The molecule has 0 aliphatic rings.